The van der Waals surface area contributed by atoms with E-state index >= 15 is 0 Å². The monoisotopic (exact) mass is 346 g/mol. The average molecular weight is 346 g/mol. The fourth-order valence-corrected chi connectivity index (χ4v) is 6.19. The fraction of sp³-hybridized carbons (Fsp3) is 1.00. The first-order valence-electron chi connectivity index (χ1n) is 8.27. The SMILES string of the molecule is C[C@@]12C[C@@]3(O)O[C@H](O1)C1[C@@H]3C[C@]12C1(O)OC(CO)C(O)C(O)C1O. The maximum atomic E-state index is 11.3. The fourth-order valence-electron chi connectivity index (χ4n) is 6.19. The number of hydrogen-bond donors (Lipinski definition) is 6. The average Bonchev–Trinajstić information content (AvgIpc) is 2.70. The normalized spacial score (nSPS) is 69.9. The van der Waals surface area contributed by atoms with E-state index < -0.39 is 65.8 Å². The second-order valence-corrected chi connectivity index (χ2v) is 8.13. The van der Waals surface area contributed by atoms with Gasteiger partial charge in [0.05, 0.1) is 17.6 Å². The second-order valence-electron chi connectivity index (χ2n) is 8.13. The van der Waals surface area contributed by atoms with Gasteiger partial charge in [-0.1, -0.05) is 0 Å². The van der Waals surface area contributed by atoms with E-state index in [9.17, 15) is 30.6 Å². The minimum atomic E-state index is -2.24. The highest BCUT2D eigenvalue weighted by atomic mass is 16.8. The van der Waals surface area contributed by atoms with Crippen LogP contribution in [0, 0.1) is 17.3 Å². The van der Waals surface area contributed by atoms with E-state index in [1.54, 1.807) is 6.92 Å². The molecule has 4 heterocycles. The minimum Gasteiger partial charge on any atom is -0.394 e. The zero-order valence-electron chi connectivity index (χ0n) is 13.1. The van der Waals surface area contributed by atoms with Crippen LogP contribution in [-0.2, 0) is 14.2 Å². The lowest BCUT2D eigenvalue weighted by atomic mass is 9.39. The Kier molecular flexibility index (Phi) is 2.73. The second kappa shape index (κ2) is 4.13. The van der Waals surface area contributed by atoms with Crippen molar-refractivity contribution in [2.45, 2.75) is 67.6 Å². The summed E-state index contributed by atoms with van der Waals surface area (Å²) in [6, 6.07) is 0. The zero-order valence-corrected chi connectivity index (χ0v) is 13.1. The molecule has 7 fully saturated rings. The van der Waals surface area contributed by atoms with Crippen molar-refractivity contribution in [2.24, 2.45) is 17.3 Å². The van der Waals surface area contributed by atoms with Crippen molar-refractivity contribution in [1.29, 1.82) is 0 Å². The van der Waals surface area contributed by atoms with Crippen molar-refractivity contribution in [3.05, 3.63) is 0 Å². The molecule has 3 aliphatic carbocycles. The largest absolute Gasteiger partial charge is 0.394 e. The summed E-state index contributed by atoms with van der Waals surface area (Å²) in [6.45, 7) is 1.10. The molecule has 6 N–H and O–H groups in total. The highest BCUT2D eigenvalue weighted by Crippen LogP contribution is 2.81. The summed E-state index contributed by atoms with van der Waals surface area (Å²) >= 11 is 0. The molecular weight excluding hydrogens is 324 g/mol. The van der Waals surface area contributed by atoms with Crippen LogP contribution in [0.3, 0.4) is 0 Å². The quantitative estimate of drug-likeness (QED) is 0.308. The van der Waals surface area contributed by atoms with Crippen LogP contribution in [0.4, 0.5) is 0 Å². The van der Waals surface area contributed by atoms with Crippen LogP contribution < -0.4 is 0 Å². The molecule has 9 heteroatoms. The van der Waals surface area contributed by atoms with Crippen molar-refractivity contribution in [1.82, 2.24) is 0 Å². The van der Waals surface area contributed by atoms with Gasteiger partial charge in [-0.15, -0.1) is 0 Å². The van der Waals surface area contributed by atoms with Crippen molar-refractivity contribution < 1.29 is 44.8 Å². The van der Waals surface area contributed by atoms with Gasteiger partial charge in [-0.2, -0.15) is 0 Å². The van der Waals surface area contributed by atoms with Gasteiger partial charge in [-0.25, -0.2) is 0 Å². The van der Waals surface area contributed by atoms with Gasteiger partial charge in [0.15, 0.2) is 12.1 Å². The molecule has 11 atom stereocenters. The van der Waals surface area contributed by atoms with Crippen LogP contribution in [0.15, 0.2) is 0 Å². The number of ether oxygens (including phenoxy) is 3. The summed E-state index contributed by atoms with van der Waals surface area (Å²) in [5.74, 6) is -4.20. The van der Waals surface area contributed by atoms with E-state index in [1.807, 2.05) is 0 Å². The summed E-state index contributed by atoms with van der Waals surface area (Å²) in [4.78, 5) is 0. The highest BCUT2D eigenvalue weighted by molar-refractivity contribution is 5.32. The van der Waals surface area contributed by atoms with Crippen LogP contribution in [0.1, 0.15) is 19.8 Å². The molecule has 4 saturated heterocycles. The van der Waals surface area contributed by atoms with Crippen LogP contribution in [0.2, 0.25) is 0 Å². The molecule has 6 bridgehead atoms. The number of aliphatic hydroxyl groups is 6. The third-order valence-corrected chi connectivity index (χ3v) is 7.25. The molecule has 3 saturated carbocycles. The van der Waals surface area contributed by atoms with Crippen LogP contribution in [0.5, 0.6) is 0 Å². The van der Waals surface area contributed by atoms with Crippen molar-refractivity contribution in [2.75, 3.05) is 6.61 Å². The standard InChI is InChI=1S/C15H22O9/c1-12-4-14(20)5-2-13(12,7(5)11(23-12)24-14)15(21)10(19)9(18)8(17)6(3-16)22-15/h5-11,16-21H,2-4H2,1H3/t5-,6?,7?,8?,9?,10?,11-,12-,13-,14+,15?/m0/s1. The first kappa shape index (κ1) is 15.9. The van der Waals surface area contributed by atoms with Gasteiger partial charge in [-0.3, -0.25) is 0 Å². The maximum absolute atomic E-state index is 11.3. The first-order chi connectivity index (χ1) is 11.1. The Morgan fingerprint density at radius 2 is 1.75 bits per heavy atom. The lowest BCUT2D eigenvalue weighted by Gasteiger charge is -2.69. The lowest BCUT2D eigenvalue weighted by Crippen LogP contribution is -2.82. The molecule has 6 unspecified atom stereocenters. The molecule has 24 heavy (non-hydrogen) atoms. The van der Waals surface area contributed by atoms with Gasteiger partial charge < -0.3 is 44.8 Å². The third kappa shape index (κ3) is 1.32. The Morgan fingerprint density at radius 1 is 1.04 bits per heavy atom. The molecular formula is C15H22O9. The van der Waals surface area contributed by atoms with Gasteiger partial charge in [0.25, 0.3) is 0 Å². The van der Waals surface area contributed by atoms with E-state index in [2.05, 4.69) is 0 Å². The van der Waals surface area contributed by atoms with Crippen molar-refractivity contribution in [3.8, 4) is 0 Å². The number of hydrogen-bond acceptors (Lipinski definition) is 9. The molecule has 0 spiro atoms. The van der Waals surface area contributed by atoms with Crippen LogP contribution >= 0.6 is 0 Å². The summed E-state index contributed by atoms with van der Waals surface area (Å²) in [5, 5.41) is 62.1. The molecule has 0 radical (unpaired) electrons. The van der Waals surface area contributed by atoms with Crippen molar-refractivity contribution >= 4 is 0 Å². The molecule has 7 rings (SSSR count). The molecule has 7 aliphatic rings. The van der Waals surface area contributed by atoms with Crippen molar-refractivity contribution in [3.63, 3.8) is 0 Å². The van der Waals surface area contributed by atoms with E-state index in [4.69, 9.17) is 14.2 Å². The Balaban J connectivity index is 1.61. The van der Waals surface area contributed by atoms with Gasteiger partial charge in [0.1, 0.15) is 24.4 Å². The number of rotatable bonds is 2. The third-order valence-electron chi connectivity index (χ3n) is 7.25. The van der Waals surface area contributed by atoms with Crippen LogP contribution in [0.25, 0.3) is 0 Å². The summed E-state index contributed by atoms with van der Waals surface area (Å²) < 4.78 is 17.1. The zero-order chi connectivity index (χ0) is 17.3. The van der Waals surface area contributed by atoms with Gasteiger partial charge >= 0.3 is 0 Å². The predicted octanol–water partition coefficient (Wildman–Crippen LogP) is -2.99. The minimum absolute atomic E-state index is 0.110. The molecule has 9 nitrogen and oxygen atoms in total. The molecule has 136 valence electrons. The topological polar surface area (TPSA) is 149 Å². The molecule has 0 aromatic carbocycles. The summed E-state index contributed by atoms with van der Waals surface area (Å²) in [5.41, 5.74) is -2.13. The molecule has 0 aromatic heterocycles. The Hall–Kier alpha value is -0.360. The van der Waals surface area contributed by atoms with Crippen LogP contribution in [-0.4, -0.2) is 85.1 Å². The van der Waals surface area contributed by atoms with E-state index in [0.717, 1.165) is 0 Å². The first-order valence-corrected chi connectivity index (χ1v) is 8.27. The highest BCUT2D eigenvalue weighted by Gasteiger charge is 2.91. The predicted molar refractivity (Wildman–Crippen MR) is 72.9 cm³/mol. The lowest BCUT2D eigenvalue weighted by molar-refractivity contribution is -0.456. The maximum Gasteiger partial charge on any atom is 0.204 e. The summed E-state index contributed by atoms with van der Waals surface area (Å²) in [7, 11) is 0. The summed E-state index contributed by atoms with van der Waals surface area (Å²) in [6.07, 6.45) is -6.56. The van der Waals surface area contributed by atoms with Gasteiger partial charge in [0, 0.05) is 18.3 Å². The molecule has 4 aliphatic heterocycles. The van der Waals surface area contributed by atoms with Gasteiger partial charge in [0.2, 0.25) is 5.79 Å². The Labute approximate surface area is 137 Å². The van der Waals surface area contributed by atoms with Gasteiger partial charge in [-0.05, 0) is 13.3 Å². The Bertz CT molecular complexity index is 599. The molecule has 0 amide bonds. The number of aliphatic hydroxyl groups excluding tert-OH is 4. The van der Waals surface area contributed by atoms with E-state index in [-0.39, 0.29) is 18.8 Å². The smallest absolute Gasteiger partial charge is 0.204 e. The van der Waals surface area contributed by atoms with E-state index in [0.29, 0.717) is 0 Å². The van der Waals surface area contributed by atoms with E-state index in [1.165, 1.54) is 0 Å². The molecule has 0 aromatic rings. The Morgan fingerprint density at radius 3 is 2.38 bits per heavy atom.